The normalized spacial score (nSPS) is 27.7. The van der Waals surface area contributed by atoms with Gasteiger partial charge in [0.2, 0.25) is 5.91 Å². The number of ether oxygens (including phenoxy) is 4. The first kappa shape index (κ1) is 27.0. The minimum atomic E-state index is -0.521. The number of allylic oxidation sites excluding steroid dienone is 4. The number of aryl methyl sites for hydroxylation is 1. The summed E-state index contributed by atoms with van der Waals surface area (Å²) >= 11 is 0. The van der Waals surface area contributed by atoms with Crippen LogP contribution in [-0.4, -0.2) is 69.6 Å². The zero-order valence-corrected chi connectivity index (χ0v) is 22.8. The highest BCUT2D eigenvalue weighted by atomic mass is 16.5. The van der Waals surface area contributed by atoms with Gasteiger partial charge >= 0.3 is 0 Å². The molecule has 1 amide bonds. The van der Waals surface area contributed by atoms with Crippen LogP contribution >= 0.6 is 0 Å². The summed E-state index contributed by atoms with van der Waals surface area (Å²) in [6, 6.07) is 6.69. The van der Waals surface area contributed by atoms with Gasteiger partial charge in [0.1, 0.15) is 18.0 Å². The second-order valence-corrected chi connectivity index (χ2v) is 10.9. The molecule has 7 nitrogen and oxygen atoms in total. The van der Waals surface area contributed by atoms with E-state index < -0.39 is 5.60 Å². The largest absolute Gasteiger partial charge is 0.494 e. The van der Waals surface area contributed by atoms with Crippen LogP contribution in [0, 0.1) is 17.8 Å². The highest BCUT2D eigenvalue weighted by molar-refractivity contribution is 5.81. The van der Waals surface area contributed by atoms with Gasteiger partial charge in [-0.05, 0) is 61.6 Å². The Morgan fingerprint density at radius 1 is 1.05 bits per heavy atom. The number of benzene rings is 1. The van der Waals surface area contributed by atoms with Crippen molar-refractivity contribution in [3.05, 3.63) is 66.0 Å². The molecule has 1 N–H and O–H groups in total. The molecule has 1 spiro atoms. The molecule has 38 heavy (non-hydrogen) atoms. The lowest BCUT2D eigenvalue weighted by Gasteiger charge is -2.51. The van der Waals surface area contributed by atoms with Crippen LogP contribution in [0.15, 0.2) is 54.8 Å². The molecule has 1 saturated heterocycles. The fourth-order valence-corrected chi connectivity index (χ4v) is 6.23. The highest BCUT2D eigenvalue weighted by Gasteiger charge is 2.55. The standard InChI is InChI=1S/C31H42N2O5/c1-35-14-5-6-23-18-24(20-27(19-23)37-17-16-36-2)22-33(26-9-10-26)30(34)29-21-32-13-12-31(29)28-8-4-3-7-25(28)11-15-38-31/h3-4,7-8,11,15,18-20,25-26,28-29,32H,5-6,9-10,12-14,16-17,21-22H2,1-2H3/t25?,28?,29?,31-/m0/s1. The van der Waals surface area contributed by atoms with Crippen molar-refractivity contribution < 1.29 is 23.7 Å². The Morgan fingerprint density at radius 2 is 1.87 bits per heavy atom. The van der Waals surface area contributed by atoms with E-state index in [0.717, 1.165) is 50.0 Å². The van der Waals surface area contributed by atoms with Crippen LogP contribution in [0.3, 0.4) is 0 Å². The quantitative estimate of drug-likeness (QED) is 0.418. The molecule has 4 atom stereocenters. The van der Waals surface area contributed by atoms with Crippen LogP contribution in [0.2, 0.25) is 0 Å². The van der Waals surface area contributed by atoms with E-state index in [4.69, 9.17) is 18.9 Å². The fourth-order valence-electron chi connectivity index (χ4n) is 6.23. The third-order valence-electron chi connectivity index (χ3n) is 8.28. The fraction of sp³-hybridized carbons (Fsp3) is 0.581. The number of nitrogens with zero attached hydrogens (tertiary/aromatic N) is 1. The number of nitrogens with one attached hydrogen (secondary N) is 1. The first-order chi connectivity index (χ1) is 18.6. The second kappa shape index (κ2) is 12.5. The summed E-state index contributed by atoms with van der Waals surface area (Å²) in [6.45, 7) is 3.82. The Balaban J connectivity index is 1.39. The lowest BCUT2D eigenvalue weighted by molar-refractivity contribution is -0.158. The number of piperidine rings is 1. The first-order valence-electron chi connectivity index (χ1n) is 14.1. The minimum Gasteiger partial charge on any atom is -0.494 e. The molecular formula is C31H42N2O5. The van der Waals surface area contributed by atoms with Crippen molar-refractivity contribution in [2.75, 3.05) is 47.1 Å². The van der Waals surface area contributed by atoms with E-state index >= 15 is 0 Å². The molecule has 4 aliphatic rings. The average molecular weight is 523 g/mol. The van der Waals surface area contributed by atoms with Crippen LogP contribution < -0.4 is 10.1 Å². The van der Waals surface area contributed by atoms with Gasteiger partial charge in [0.25, 0.3) is 0 Å². The Kier molecular flexibility index (Phi) is 8.87. The second-order valence-electron chi connectivity index (χ2n) is 10.9. The van der Waals surface area contributed by atoms with Gasteiger partial charge in [-0.2, -0.15) is 0 Å². The summed E-state index contributed by atoms with van der Waals surface area (Å²) in [5.74, 6) is 1.22. The maximum absolute atomic E-state index is 14.4. The summed E-state index contributed by atoms with van der Waals surface area (Å²) in [7, 11) is 3.41. The zero-order chi connectivity index (χ0) is 26.4. The summed E-state index contributed by atoms with van der Waals surface area (Å²) in [5, 5.41) is 3.50. The van der Waals surface area contributed by atoms with Crippen molar-refractivity contribution in [1.29, 1.82) is 0 Å². The lowest BCUT2D eigenvalue weighted by atomic mass is 9.65. The summed E-state index contributed by atoms with van der Waals surface area (Å²) in [6.07, 6.45) is 17.4. The molecule has 206 valence electrons. The molecule has 7 heteroatoms. The third-order valence-corrected chi connectivity index (χ3v) is 8.28. The van der Waals surface area contributed by atoms with E-state index in [-0.39, 0.29) is 29.7 Å². The van der Waals surface area contributed by atoms with Crippen LogP contribution in [-0.2, 0) is 32.0 Å². The number of hydrogen-bond acceptors (Lipinski definition) is 6. The van der Waals surface area contributed by atoms with E-state index in [9.17, 15) is 4.79 Å². The van der Waals surface area contributed by atoms with Gasteiger partial charge in [0, 0.05) is 58.2 Å². The molecule has 2 aliphatic carbocycles. The molecule has 0 bridgehead atoms. The lowest BCUT2D eigenvalue weighted by Crippen LogP contribution is -2.62. The predicted octanol–water partition coefficient (Wildman–Crippen LogP) is 4.03. The Hall–Kier alpha value is -2.61. The third kappa shape index (κ3) is 6.00. The van der Waals surface area contributed by atoms with Gasteiger partial charge in [0.05, 0.1) is 18.8 Å². The van der Waals surface area contributed by atoms with Crippen molar-refractivity contribution in [3.8, 4) is 5.75 Å². The molecule has 1 aromatic rings. The molecule has 1 saturated carbocycles. The van der Waals surface area contributed by atoms with E-state index in [0.29, 0.717) is 32.9 Å². The Labute approximate surface area is 226 Å². The van der Waals surface area contributed by atoms with Crippen LogP contribution in [0.25, 0.3) is 0 Å². The molecule has 2 fully saturated rings. The maximum Gasteiger partial charge on any atom is 0.231 e. The Bertz CT molecular complexity index is 1020. The predicted molar refractivity (Wildman–Crippen MR) is 147 cm³/mol. The summed E-state index contributed by atoms with van der Waals surface area (Å²) in [4.78, 5) is 16.5. The zero-order valence-electron chi connectivity index (χ0n) is 22.8. The van der Waals surface area contributed by atoms with Crippen molar-refractivity contribution in [2.24, 2.45) is 17.8 Å². The number of hydrogen-bond donors (Lipinski definition) is 1. The molecule has 5 rings (SSSR count). The SMILES string of the molecule is COCCCc1cc(CN(C(=O)C2CNCC[C@@]23OC=CC2C=CC=CC23)C2CC2)cc(OCCOC)c1. The summed E-state index contributed by atoms with van der Waals surface area (Å²) in [5.41, 5.74) is 1.79. The van der Waals surface area contributed by atoms with Crippen LogP contribution in [0.5, 0.6) is 5.75 Å². The van der Waals surface area contributed by atoms with Gasteiger partial charge < -0.3 is 29.2 Å². The highest BCUT2D eigenvalue weighted by Crippen LogP contribution is 2.47. The monoisotopic (exact) mass is 522 g/mol. The van der Waals surface area contributed by atoms with E-state index in [2.05, 4.69) is 58.8 Å². The van der Waals surface area contributed by atoms with Crippen molar-refractivity contribution in [2.45, 2.75) is 50.3 Å². The van der Waals surface area contributed by atoms with E-state index in [1.807, 2.05) is 6.26 Å². The molecule has 2 aliphatic heterocycles. The van der Waals surface area contributed by atoms with Gasteiger partial charge in [-0.15, -0.1) is 0 Å². The minimum absolute atomic E-state index is 0.166. The summed E-state index contributed by atoms with van der Waals surface area (Å²) < 4.78 is 22.9. The van der Waals surface area contributed by atoms with Crippen molar-refractivity contribution in [1.82, 2.24) is 10.2 Å². The van der Waals surface area contributed by atoms with Gasteiger partial charge in [0.15, 0.2) is 0 Å². The maximum atomic E-state index is 14.4. The van der Waals surface area contributed by atoms with Gasteiger partial charge in [-0.25, -0.2) is 0 Å². The van der Waals surface area contributed by atoms with Gasteiger partial charge in [-0.3, -0.25) is 4.79 Å². The Morgan fingerprint density at radius 3 is 2.68 bits per heavy atom. The van der Waals surface area contributed by atoms with E-state index in [1.54, 1.807) is 14.2 Å². The number of fused-ring (bicyclic) bond motifs is 2. The molecular weight excluding hydrogens is 480 g/mol. The molecule has 2 heterocycles. The number of methoxy groups -OCH3 is 2. The van der Waals surface area contributed by atoms with Crippen molar-refractivity contribution in [3.63, 3.8) is 0 Å². The smallest absolute Gasteiger partial charge is 0.231 e. The van der Waals surface area contributed by atoms with E-state index in [1.165, 1.54) is 5.56 Å². The number of carbonyl (C=O) groups is 1. The molecule has 1 aromatic carbocycles. The first-order valence-corrected chi connectivity index (χ1v) is 14.1. The van der Waals surface area contributed by atoms with Crippen LogP contribution in [0.1, 0.15) is 36.8 Å². The molecule has 0 aromatic heterocycles. The topological polar surface area (TPSA) is 69.3 Å². The number of amides is 1. The molecule has 3 unspecified atom stereocenters. The average Bonchev–Trinajstić information content (AvgIpc) is 3.78. The number of rotatable bonds is 12. The van der Waals surface area contributed by atoms with Gasteiger partial charge in [-0.1, -0.05) is 30.4 Å². The van der Waals surface area contributed by atoms with Crippen LogP contribution in [0.4, 0.5) is 0 Å². The van der Waals surface area contributed by atoms with Crippen molar-refractivity contribution >= 4 is 5.91 Å². The molecule has 0 radical (unpaired) electrons. The number of carbonyl (C=O) groups excluding carboxylic acids is 1.